The summed E-state index contributed by atoms with van der Waals surface area (Å²) in [6.07, 6.45) is 4.66. The van der Waals surface area contributed by atoms with Crippen molar-refractivity contribution in [1.29, 1.82) is 0 Å². The van der Waals surface area contributed by atoms with Gasteiger partial charge in [0.2, 0.25) is 5.91 Å². The number of carbonyl (C=O) groups excluding carboxylic acids is 1. The Hall–Kier alpha value is -1.10. The molecule has 0 aromatic rings. The summed E-state index contributed by atoms with van der Waals surface area (Å²) in [6.45, 7) is 2.32. The maximum Gasteiger partial charge on any atom is 0.323 e. The highest BCUT2D eigenvalue weighted by Gasteiger charge is 2.37. The third kappa shape index (κ3) is 2.83. The van der Waals surface area contributed by atoms with Crippen LogP contribution < -0.4 is 0 Å². The number of nitrogens with zero attached hydrogens (tertiary/aromatic N) is 1. The molecule has 2 rings (SSSR count). The lowest BCUT2D eigenvalue weighted by atomic mass is 9.99. The summed E-state index contributed by atoms with van der Waals surface area (Å²) in [5, 5.41) is 8.98. The maximum atomic E-state index is 12.5. The molecule has 102 valence electrons. The molecule has 1 heterocycles. The summed E-state index contributed by atoms with van der Waals surface area (Å²) in [4.78, 5) is 25.0. The molecule has 1 saturated heterocycles. The molecular weight excluding hydrogens is 234 g/mol. The van der Waals surface area contributed by atoms with Crippen LogP contribution in [0.25, 0.3) is 0 Å². The predicted octanol–water partition coefficient (Wildman–Crippen LogP) is 1.27. The first-order valence-electron chi connectivity index (χ1n) is 6.73. The Morgan fingerprint density at radius 1 is 1.28 bits per heavy atom. The van der Waals surface area contributed by atoms with Gasteiger partial charge in [0.25, 0.3) is 0 Å². The van der Waals surface area contributed by atoms with Crippen LogP contribution >= 0.6 is 0 Å². The Bertz CT molecular complexity index is 325. The Morgan fingerprint density at radius 3 is 2.44 bits per heavy atom. The van der Waals surface area contributed by atoms with Gasteiger partial charge in [-0.15, -0.1) is 0 Å². The van der Waals surface area contributed by atoms with E-state index in [1.54, 1.807) is 4.90 Å². The number of carbonyl (C=O) groups is 2. The van der Waals surface area contributed by atoms with Gasteiger partial charge in [-0.1, -0.05) is 12.8 Å². The summed E-state index contributed by atoms with van der Waals surface area (Å²) in [5.74, 6) is -1.12. The molecule has 18 heavy (non-hydrogen) atoms. The zero-order chi connectivity index (χ0) is 13.1. The van der Waals surface area contributed by atoms with Crippen molar-refractivity contribution in [1.82, 2.24) is 4.90 Å². The molecule has 2 atom stereocenters. The molecule has 0 aromatic carbocycles. The molecular formula is C13H21NO4. The van der Waals surface area contributed by atoms with Crippen molar-refractivity contribution in [3.63, 3.8) is 0 Å². The van der Waals surface area contributed by atoms with E-state index in [2.05, 4.69) is 0 Å². The quantitative estimate of drug-likeness (QED) is 0.821. The molecule has 2 aliphatic rings. The molecule has 0 radical (unpaired) electrons. The summed E-state index contributed by atoms with van der Waals surface area (Å²) >= 11 is 0. The van der Waals surface area contributed by atoms with Crippen LogP contribution in [0, 0.1) is 5.92 Å². The summed E-state index contributed by atoms with van der Waals surface area (Å²) in [7, 11) is 0. The van der Waals surface area contributed by atoms with E-state index >= 15 is 0 Å². The van der Waals surface area contributed by atoms with E-state index < -0.39 is 5.97 Å². The highest BCUT2D eigenvalue weighted by atomic mass is 16.5. The molecule has 1 amide bonds. The van der Waals surface area contributed by atoms with Gasteiger partial charge >= 0.3 is 5.97 Å². The van der Waals surface area contributed by atoms with Gasteiger partial charge in [0.05, 0.1) is 12.0 Å². The third-order valence-electron chi connectivity index (χ3n) is 4.05. The first-order valence-corrected chi connectivity index (χ1v) is 6.73. The van der Waals surface area contributed by atoms with Gasteiger partial charge in [0, 0.05) is 12.6 Å². The van der Waals surface area contributed by atoms with Gasteiger partial charge in [0.1, 0.15) is 6.54 Å². The van der Waals surface area contributed by atoms with E-state index in [0.717, 1.165) is 25.7 Å². The van der Waals surface area contributed by atoms with Gasteiger partial charge in [-0.05, 0) is 26.2 Å². The largest absolute Gasteiger partial charge is 0.480 e. The summed E-state index contributed by atoms with van der Waals surface area (Å²) < 4.78 is 5.41. The van der Waals surface area contributed by atoms with Crippen LogP contribution in [0.4, 0.5) is 0 Å². The molecule has 2 unspecified atom stereocenters. The second-order valence-corrected chi connectivity index (χ2v) is 5.27. The molecule has 5 heteroatoms. The van der Waals surface area contributed by atoms with Crippen molar-refractivity contribution in [2.45, 2.75) is 51.2 Å². The molecule has 1 aliphatic carbocycles. The van der Waals surface area contributed by atoms with Crippen molar-refractivity contribution >= 4 is 11.9 Å². The monoisotopic (exact) mass is 255 g/mol. The number of hydrogen-bond acceptors (Lipinski definition) is 3. The van der Waals surface area contributed by atoms with E-state index in [0.29, 0.717) is 13.0 Å². The molecule has 0 spiro atoms. The lowest BCUT2D eigenvalue weighted by Crippen LogP contribution is -2.46. The first-order chi connectivity index (χ1) is 8.59. The fraction of sp³-hybridized carbons (Fsp3) is 0.846. The second kappa shape index (κ2) is 5.69. The molecule has 1 N–H and O–H groups in total. The minimum absolute atomic E-state index is 0.0331. The average molecular weight is 255 g/mol. The number of carboxylic acids is 1. The Labute approximate surface area is 107 Å². The smallest absolute Gasteiger partial charge is 0.323 e. The number of carboxylic acid groups (broad SMARTS) is 1. The Balaban J connectivity index is 2.06. The van der Waals surface area contributed by atoms with Gasteiger partial charge in [-0.2, -0.15) is 0 Å². The van der Waals surface area contributed by atoms with Crippen LogP contribution in [0.1, 0.15) is 39.0 Å². The van der Waals surface area contributed by atoms with E-state index in [1.165, 1.54) is 0 Å². The normalized spacial score (nSPS) is 28.5. The van der Waals surface area contributed by atoms with Crippen LogP contribution in [0.5, 0.6) is 0 Å². The lowest BCUT2D eigenvalue weighted by molar-refractivity contribution is -0.149. The van der Waals surface area contributed by atoms with E-state index in [1.807, 2.05) is 6.92 Å². The second-order valence-electron chi connectivity index (χ2n) is 5.27. The third-order valence-corrected chi connectivity index (χ3v) is 4.05. The number of hydrogen-bond donors (Lipinski definition) is 1. The van der Waals surface area contributed by atoms with E-state index in [-0.39, 0.29) is 30.5 Å². The van der Waals surface area contributed by atoms with Crippen molar-refractivity contribution in [3.8, 4) is 0 Å². The van der Waals surface area contributed by atoms with E-state index in [9.17, 15) is 9.59 Å². The number of aliphatic carboxylic acids is 1. The highest BCUT2D eigenvalue weighted by Crippen LogP contribution is 2.28. The number of rotatable bonds is 4. The first kappa shape index (κ1) is 13.3. The topological polar surface area (TPSA) is 66.8 Å². The molecule has 0 bridgehead atoms. The average Bonchev–Trinajstić information content (AvgIpc) is 2.95. The maximum absolute atomic E-state index is 12.5. The fourth-order valence-corrected chi connectivity index (χ4v) is 3.02. The van der Waals surface area contributed by atoms with Crippen LogP contribution in [-0.2, 0) is 14.3 Å². The van der Waals surface area contributed by atoms with Crippen molar-refractivity contribution in [2.75, 3.05) is 13.2 Å². The van der Waals surface area contributed by atoms with Crippen LogP contribution in [0.15, 0.2) is 0 Å². The van der Waals surface area contributed by atoms with Crippen LogP contribution in [0.2, 0.25) is 0 Å². The fourth-order valence-electron chi connectivity index (χ4n) is 3.02. The summed E-state index contributed by atoms with van der Waals surface area (Å²) in [6, 6.07) is 0.112. The zero-order valence-corrected chi connectivity index (χ0v) is 10.8. The van der Waals surface area contributed by atoms with Gasteiger partial charge in [0.15, 0.2) is 0 Å². The lowest BCUT2D eigenvalue weighted by Gasteiger charge is -2.30. The van der Waals surface area contributed by atoms with Crippen molar-refractivity contribution < 1.29 is 19.4 Å². The zero-order valence-electron chi connectivity index (χ0n) is 10.8. The Morgan fingerprint density at radius 2 is 1.94 bits per heavy atom. The Kier molecular flexibility index (Phi) is 4.22. The number of ether oxygens (including phenoxy) is 1. The molecule has 0 aromatic heterocycles. The standard InChI is InChI=1S/C13H21NO4/c1-9-11(6-7-18-9)13(17)14(8-12(15)16)10-4-2-3-5-10/h9-11H,2-8H2,1H3,(H,15,16). The van der Waals surface area contributed by atoms with Gasteiger partial charge < -0.3 is 14.7 Å². The minimum Gasteiger partial charge on any atom is -0.480 e. The molecule has 5 nitrogen and oxygen atoms in total. The van der Waals surface area contributed by atoms with Crippen molar-refractivity contribution in [2.24, 2.45) is 5.92 Å². The van der Waals surface area contributed by atoms with Gasteiger partial charge in [-0.25, -0.2) is 0 Å². The van der Waals surface area contributed by atoms with E-state index in [4.69, 9.17) is 9.84 Å². The summed E-state index contributed by atoms with van der Waals surface area (Å²) in [5.41, 5.74) is 0. The van der Waals surface area contributed by atoms with Crippen LogP contribution in [0.3, 0.4) is 0 Å². The van der Waals surface area contributed by atoms with Crippen molar-refractivity contribution in [3.05, 3.63) is 0 Å². The molecule has 1 saturated carbocycles. The van der Waals surface area contributed by atoms with Crippen LogP contribution in [-0.4, -0.2) is 47.2 Å². The highest BCUT2D eigenvalue weighted by molar-refractivity contribution is 5.84. The SMILES string of the molecule is CC1OCCC1C(=O)N(CC(=O)O)C1CCCC1. The van der Waals surface area contributed by atoms with Gasteiger partial charge in [-0.3, -0.25) is 9.59 Å². The number of amides is 1. The minimum atomic E-state index is -0.929. The predicted molar refractivity (Wildman–Crippen MR) is 65.1 cm³/mol. The molecule has 2 fully saturated rings. The molecule has 1 aliphatic heterocycles.